The van der Waals surface area contributed by atoms with Crippen molar-refractivity contribution in [2.24, 2.45) is 4.99 Å². The van der Waals surface area contributed by atoms with Crippen LogP contribution in [0.5, 0.6) is 0 Å². The number of thiophene rings is 1. The van der Waals surface area contributed by atoms with Gasteiger partial charge in [-0.2, -0.15) is 4.98 Å². The van der Waals surface area contributed by atoms with Crippen LogP contribution < -0.4 is 10.6 Å². The van der Waals surface area contributed by atoms with Gasteiger partial charge >= 0.3 is 0 Å². The van der Waals surface area contributed by atoms with Crippen LogP contribution in [-0.2, 0) is 13.1 Å². The van der Waals surface area contributed by atoms with Crippen molar-refractivity contribution >= 4 is 17.3 Å². The summed E-state index contributed by atoms with van der Waals surface area (Å²) in [6.07, 6.45) is 0. The summed E-state index contributed by atoms with van der Waals surface area (Å²) in [4.78, 5) is 10.8. The van der Waals surface area contributed by atoms with E-state index in [1.165, 1.54) is 9.75 Å². The summed E-state index contributed by atoms with van der Waals surface area (Å²) in [6.45, 7) is 5.10. The predicted octanol–water partition coefficient (Wildman–Crippen LogP) is 1.61. The van der Waals surface area contributed by atoms with Crippen LogP contribution in [0.2, 0.25) is 0 Å². The van der Waals surface area contributed by atoms with Crippen LogP contribution in [0.15, 0.2) is 21.6 Å². The largest absolute Gasteiger partial charge is 0.352 e. The van der Waals surface area contributed by atoms with Crippen molar-refractivity contribution in [1.29, 1.82) is 0 Å². The molecule has 2 heterocycles. The Morgan fingerprint density at radius 2 is 2.11 bits per heavy atom. The molecule has 2 N–H and O–H groups in total. The standard InChI is InChI=1S/C12H17N5OS/c1-8-4-5-10(19-8)6-14-12(13-3)15-7-11-16-9(2)17-18-11/h4-5H,6-7H2,1-3H3,(H2,13,14,15). The fourth-order valence-electron chi connectivity index (χ4n) is 1.54. The Bertz CT molecular complexity index is 514. The predicted molar refractivity (Wildman–Crippen MR) is 75.1 cm³/mol. The molecule has 0 bridgehead atoms. The smallest absolute Gasteiger partial charge is 0.246 e. The number of nitrogens with one attached hydrogen (secondary N) is 2. The first-order valence-electron chi connectivity index (χ1n) is 5.96. The molecule has 102 valence electrons. The fraction of sp³-hybridized carbons (Fsp3) is 0.417. The lowest BCUT2D eigenvalue weighted by Crippen LogP contribution is -2.36. The lowest BCUT2D eigenvalue weighted by atomic mass is 10.4. The highest BCUT2D eigenvalue weighted by Crippen LogP contribution is 2.14. The highest BCUT2D eigenvalue weighted by molar-refractivity contribution is 7.11. The number of aryl methyl sites for hydroxylation is 2. The summed E-state index contributed by atoms with van der Waals surface area (Å²) in [5, 5.41) is 10.1. The quantitative estimate of drug-likeness (QED) is 0.657. The molecule has 0 aromatic carbocycles. The zero-order valence-corrected chi connectivity index (χ0v) is 12.0. The maximum atomic E-state index is 5.02. The van der Waals surface area contributed by atoms with E-state index in [2.05, 4.69) is 44.8 Å². The number of hydrogen-bond acceptors (Lipinski definition) is 5. The molecular weight excluding hydrogens is 262 g/mol. The third-order valence-corrected chi connectivity index (χ3v) is 3.43. The first-order chi connectivity index (χ1) is 9.17. The number of rotatable bonds is 4. The Morgan fingerprint density at radius 3 is 2.68 bits per heavy atom. The van der Waals surface area contributed by atoms with Gasteiger partial charge in [-0.05, 0) is 26.0 Å². The second-order valence-corrected chi connectivity index (χ2v) is 5.40. The van der Waals surface area contributed by atoms with Crippen molar-refractivity contribution in [3.8, 4) is 0 Å². The molecule has 0 saturated carbocycles. The van der Waals surface area contributed by atoms with Crippen LogP contribution >= 0.6 is 11.3 Å². The number of guanidine groups is 1. The van der Waals surface area contributed by atoms with E-state index in [4.69, 9.17) is 4.52 Å². The van der Waals surface area contributed by atoms with Crippen molar-refractivity contribution in [3.63, 3.8) is 0 Å². The fourth-order valence-corrected chi connectivity index (χ4v) is 2.37. The zero-order valence-electron chi connectivity index (χ0n) is 11.2. The van der Waals surface area contributed by atoms with Crippen molar-refractivity contribution in [2.45, 2.75) is 26.9 Å². The number of nitrogens with zero attached hydrogens (tertiary/aromatic N) is 3. The van der Waals surface area contributed by atoms with Gasteiger partial charge in [0.25, 0.3) is 0 Å². The van der Waals surface area contributed by atoms with E-state index < -0.39 is 0 Å². The highest BCUT2D eigenvalue weighted by atomic mass is 32.1. The topological polar surface area (TPSA) is 75.3 Å². The molecule has 0 aliphatic rings. The third-order valence-electron chi connectivity index (χ3n) is 2.43. The Labute approximate surface area is 115 Å². The Kier molecular flexibility index (Phi) is 4.51. The van der Waals surface area contributed by atoms with Gasteiger partial charge in [0.1, 0.15) is 0 Å². The van der Waals surface area contributed by atoms with Gasteiger partial charge in [0.05, 0.1) is 13.1 Å². The molecule has 2 aromatic heterocycles. The van der Waals surface area contributed by atoms with Gasteiger partial charge in [-0.1, -0.05) is 5.16 Å². The molecule has 0 amide bonds. The average Bonchev–Trinajstić information content (AvgIpc) is 2.99. The van der Waals surface area contributed by atoms with Gasteiger partial charge in [-0.3, -0.25) is 4.99 Å². The first kappa shape index (κ1) is 13.5. The molecular formula is C12H17N5OS. The second kappa shape index (κ2) is 6.33. The van der Waals surface area contributed by atoms with E-state index in [-0.39, 0.29) is 0 Å². The molecule has 0 atom stereocenters. The average molecular weight is 279 g/mol. The van der Waals surface area contributed by atoms with Crippen molar-refractivity contribution in [3.05, 3.63) is 33.6 Å². The number of hydrogen-bond donors (Lipinski definition) is 2. The van der Waals surface area contributed by atoms with E-state index in [0.29, 0.717) is 24.2 Å². The van der Waals surface area contributed by atoms with E-state index in [1.807, 2.05) is 0 Å². The molecule has 0 unspecified atom stereocenters. The Hall–Kier alpha value is -1.89. The summed E-state index contributed by atoms with van der Waals surface area (Å²) in [5.41, 5.74) is 0. The molecule has 0 radical (unpaired) electrons. The lowest BCUT2D eigenvalue weighted by Gasteiger charge is -2.09. The van der Waals surface area contributed by atoms with Gasteiger partial charge in [0.2, 0.25) is 5.89 Å². The molecule has 19 heavy (non-hydrogen) atoms. The zero-order chi connectivity index (χ0) is 13.7. The normalized spacial score (nSPS) is 11.6. The Balaban J connectivity index is 1.80. The molecule has 0 saturated heterocycles. The molecule has 0 aliphatic heterocycles. The molecule has 7 heteroatoms. The minimum Gasteiger partial charge on any atom is -0.352 e. The summed E-state index contributed by atoms with van der Waals surface area (Å²) in [6, 6.07) is 4.22. The molecule has 0 spiro atoms. The Morgan fingerprint density at radius 1 is 1.32 bits per heavy atom. The summed E-state index contributed by atoms with van der Waals surface area (Å²) >= 11 is 1.77. The molecule has 6 nitrogen and oxygen atoms in total. The van der Waals surface area contributed by atoms with Gasteiger partial charge in [-0.25, -0.2) is 0 Å². The summed E-state index contributed by atoms with van der Waals surface area (Å²) in [5.74, 6) is 1.89. The minimum absolute atomic E-state index is 0.462. The van der Waals surface area contributed by atoms with Crippen LogP contribution in [0.1, 0.15) is 21.5 Å². The first-order valence-corrected chi connectivity index (χ1v) is 6.78. The van der Waals surface area contributed by atoms with Crippen LogP contribution in [0.4, 0.5) is 0 Å². The monoisotopic (exact) mass is 279 g/mol. The molecule has 0 fully saturated rings. The minimum atomic E-state index is 0.462. The highest BCUT2D eigenvalue weighted by Gasteiger charge is 2.04. The summed E-state index contributed by atoms with van der Waals surface area (Å²) in [7, 11) is 1.73. The molecule has 2 aromatic rings. The van der Waals surface area contributed by atoms with Gasteiger partial charge in [-0.15, -0.1) is 11.3 Å². The maximum Gasteiger partial charge on any atom is 0.246 e. The van der Waals surface area contributed by atoms with Crippen molar-refractivity contribution < 1.29 is 4.52 Å². The van der Waals surface area contributed by atoms with Crippen molar-refractivity contribution in [2.75, 3.05) is 7.05 Å². The molecule has 0 aliphatic carbocycles. The second-order valence-electron chi connectivity index (χ2n) is 4.03. The van der Waals surface area contributed by atoms with Crippen LogP contribution in [-0.4, -0.2) is 23.1 Å². The lowest BCUT2D eigenvalue weighted by molar-refractivity contribution is 0.371. The maximum absolute atomic E-state index is 5.02. The van der Waals surface area contributed by atoms with Crippen LogP contribution in [0.3, 0.4) is 0 Å². The summed E-state index contributed by atoms with van der Waals surface area (Å²) < 4.78 is 5.02. The van der Waals surface area contributed by atoms with E-state index in [0.717, 1.165) is 6.54 Å². The van der Waals surface area contributed by atoms with E-state index in [1.54, 1.807) is 25.3 Å². The third kappa shape index (κ3) is 4.06. The SMILES string of the molecule is CN=C(NCc1nc(C)no1)NCc1ccc(C)s1. The number of aromatic nitrogens is 2. The van der Waals surface area contributed by atoms with Gasteiger partial charge in [0, 0.05) is 16.8 Å². The van der Waals surface area contributed by atoms with E-state index >= 15 is 0 Å². The number of aliphatic imine (C=N–C) groups is 1. The van der Waals surface area contributed by atoms with Crippen molar-refractivity contribution in [1.82, 2.24) is 20.8 Å². The van der Waals surface area contributed by atoms with Crippen LogP contribution in [0.25, 0.3) is 0 Å². The van der Waals surface area contributed by atoms with Crippen LogP contribution in [0, 0.1) is 13.8 Å². The van der Waals surface area contributed by atoms with E-state index in [9.17, 15) is 0 Å². The van der Waals surface area contributed by atoms with Gasteiger partial charge in [0.15, 0.2) is 11.8 Å². The van der Waals surface area contributed by atoms with Gasteiger partial charge < -0.3 is 15.2 Å². The molecule has 2 rings (SSSR count).